The van der Waals surface area contributed by atoms with Gasteiger partial charge >= 0.3 is 0 Å². The summed E-state index contributed by atoms with van der Waals surface area (Å²) in [6.45, 7) is 7.77. The highest BCUT2D eigenvalue weighted by atomic mass is 35.5. The topological polar surface area (TPSA) is 69.7 Å². The zero-order valence-electron chi connectivity index (χ0n) is 18.2. The molecule has 2 aromatic rings. The molecule has 1 heterocycles. The van der Waals surface area contributed by atoms with Crippen LogP contribution < -0.4 is 5.32 Å². The SMILES string of the molecule is CC[C@H](C)c1ccc(S(=O)(=O)N2CCN([C@@H](C)C(=O)Nc3cccc(Cl)c3)CC2)cc1. The molecule has 1 amide bonds. The summed E-state index contributed by atoms with van der Waals surface area (Å²) in [5, 5.41) is 3.43. The van der Waals surface area contributed by atoms with Crippen LogP contribution in [0.2, 0.25) is 5.02 Å². The number of amides is 1. The van der Waals surface area contributed by atoms with Crippen molar-refractivity contribution in [2.24, 2.45) is 0 Å². The number of carbonyl (C=O) groups excluding carboxylic acids is 1. The summed E-state index contributed by atoms with van der Waals surface area (Å²) in [4.78, 5) is 14.9. The molecule has 0 radical (unpaired) electrons. The van der Waals surface area contributed by atoms with Gasteiger partial charge in [-0.2, -0.15) is 4.31 Å². The third kappa shape index (κ3) is 5.66. The van der Waals surface area contributed by atoms with E-state index in [1.165, 1.54) is 4.31 Å². The van der Waals surface area contributed by atoms with E-state index in [1.54, 1.807) is 36.4 Å². The third-order valence-electron chi connectivity index (χ3n) is 5.99. The van der Waals surface area contributed by atoms with Crippen LogP contribution in [0.3, 0.4) is 0 Å². The molecule has 0 aliphatic carbocycles. The van der Waals surface area contributed by atoms with Crippen LogP contribution in [0.5, 0.6) is 0 Å². The van der Waals surface area contributed by atoms with E-state index in [9.17, 15) is 13.2 Å². The molecule has 0 saturated carbocycles. The first kappa shape index (κ1) is 23.7. The molecule has 1 aliphatic rings. The molecule has 2 aromatic carbocycles. The molecule has 1 N–H and O–H groups in total. The van der Waals surface area contributed by atoms with Gasteiger partial charge < -0.3 is 5.32 Å². The quantitative estimate of drug-likeness (QED) is 0.668. The summed E-state index contributed by atoms with van der Waals surface area (Å²) in [5.74, 6) is 0.263. The largest absolute Gasteiger partial charge is 0.325 e. The fourth-order valence-electron chi connectivity index (χ4n) is 3.66. The Labute approximate surface area is 190 Å². The minimum Gasteiger partial charge on any atom is -0.325 e. The van der Waals surface area contributed by atoms with Gasteiger partial charge in [-0.3, -0.25) is 9.69 Å². The van der Waals surface area contributed by atoms with E-state index in [4.69, 9.17) is 11.6 Å². The number of benzene rings is 2. The van der Waals surface area contributed by atoms with Crippen LogP contribution in [-0.2, 0) is 14.8 Å². The second kappa shape index (κ2) is 10.1. The van der Waals surface area contributed by atoms with Gasteiger partial charge in [-0.15, -0.1) is 0 Å². The average molecular weight is 464 g/mol. The summed E-state index contributed by atoms with van der Waals surface area (Å²) in [6.07, 6.45) is 1.01. The zero-order chi connectivity index (χ0) is 22.6. The molecule has 3 rings (SSSR count). The Morgan fingerprint density at radius 2 is 1.71 bits per heavy atom. The summed E-state index contributed by atoms with van der Waals surface area (Å²) < 4.78 is 27.6. The standard InChI is InChI=1S/C23H30ClN3O3S/c1-4-17(2)19-8-10-22(11-9-19)31(29,30)27-14-12-26(13-15-27)18(3)23(28)25-21-7-5-6-20(24)16-21/h5-11,16-18H,4,12-15H2,1-3H3,(H,25,28)/t17-,18-/m0/s1. The summed E-state index contributed by atoms with van der Waals surface area (Å²) >= 11 is 5.97. The van der Waals surface area contributed by atoms with E-state index < -0.39 is 10.0 Å². The minimum absolute atomic E-state index is 0.140. The van der Waals surface area contributed by atoms with Crippen LogP contribution in [0.15, 0.2) is 53.4 Å². The second-order valence-corrected chi connectivity index (χ2v) is 10.4. The van der Waals surface area contributed by atoms with Gasteiger partial charge in [0, 0.05) is 36.9 Å². The highest BCUT2D eigenvalue weighted by Gasteiger charge is 2.31. The van der Waals surface area contributed by atoms with Gasteiger partial charge in [0.2, 0.25) is 15.9 Å². The molecule has 1 fully saturated rings. The molecule has 1 saturated heterocycles. The fraction of sp³-hybridized carbons (Fsp3) is 0.435. The summed E-state index contributed by atoms with van der Waals surface area (Å²) in [5.41, 5.74) is 1.79. The number of rotatable bonds is 7. The maximum atomic E-state index is 13.0. The van der Waals surface area contributed by atoms with Crippen molar-refractivity contribution in [1.29, 1.82) is 0 Å². The van der Waals surface area contributed by atoms with E-state index in [-0.39, 0.29) is 11.9 Å². The first-order valence-corrected chi connectivity index (χ1v) is 12.4. The van der Waals surface area contributed by atoms with Crippen molar-refractivity contribution in [1.82, 2.24) is 9.21 Å². The Kier molecular flexibility index (Phi) is 7.75. The number of hydrogen-bond acceptors (Lipinski definition) is 4. The van der Waals surface area contributed by atoms with Crippen molar-refractivity contribution >= 4 is 33.2 Å². The van der Waals surface area contributed by atoms with Crippen molar-refractivity contribution in [3.8, 4) is 0 Å². The number of nitrogens with zero attached hydrogens (tertiary/aromatic N) is 2. The number of anilines is 1. The molecule has 0 spiro atoms. The minimum atomic E-state index is -3.54. The predicted molar refractivity (Wildman–Crippen MR) is 125 cm³/mol. The second-order valence-electron chi connectivity index (χ2n) is 7.99. The van der Waals surface area contributed by atoms with Crippen LogP contribution in [0.25, 0.3) is 0 Å². The van der Waals surface area contributed by atoms with Gasteiger partial charge in [-0.25, -0.2) is 8.42 Å². The highest BCUT2D eigenvalue weighted by molar-refractivity contribution is 7.89. The summed E-state index contributed by atoms with van der Waals surface area (Å²) in [7, 11) is -3.54. The first-order chi connectivity index (χ1) is 14.7. The molecule has 31 heavy (non-hydrogen) atoms. The lowest BCUT2D eigenvalue weighted by Crippen LogP contribution is -2.53. The number of hydrogen-bond donors (Lipinski definition) is 1. The van der Waals surface area contributed by atoms with Crippen LogP contribution in [-0.4, -0.2) is 55.8 Å². The molecule has 0 aromatic heterocycles. The van der Waals surface area contributed by atoms with Crippen LogP contribution in [0, 0.1) is 0 Å². The number of sulfonamides is 1. The molecule has 8 heteroatoms. The smallest absolute Gasteiger partial charge is 0.243 e. The van der Waals surface area contributed by atoms with Gasteiger partial charge in [-0.1, -0.05) is 43.6 Å². The van der Waals surface area contributed by atoms with E-state index in [2.05, 4.69) is 19.2 Å². The van der Waals surface area contributed by atoms with Gasteiger partial charge in [-0.05, 0) is 55.2 Å². The van der Waals surface area contributed by atoms with E-state index in [1.807, 2.05) is 24.0 Å². The van der Waals surface area contributed by atoms with Crippen molar-refractivity contribution < 1.29 is 13.2 Å². The Morgan fingerprint density at radius 1 is 1.06 bits per heavy atom. The van der Waals surface area contributed by atoms with E-state index in [0.717, 1.165) is 12.0 Å². The fourth-order valence-corrected chi connectivity index (χ4v) is 5.28. The molecular weight excluding hydrogens is 434 g/mol. The molecule has 1 aliphatic heterocycles. The predicted octanol–water partition coefficient (Wildman–Crippen LogP) is 4.19. The van der Waals surface area contributed by atoms with Gasteiger partial charge in [0.1, 0.15) is 0 Å². The molecule has 168 valence electrons. The Hall–Kier alpha value is -1.93. The first-order valence-electron chi connectivity index (χ1n) is 10.6. The molecule has 2 atom stereocenters. The van der Waals surface area contributed by atoms with Gasteiger partial charge in [0.05, 0.1) is 10.9 Å². The Bertz CT molecular complexity index is 1000. The van der Waals surface area contributed by atoms with Crippen molar-refractivity contribution in [2.45, 2.75) is 44.0 Å². The third-order valence-corrected chi connectivity index (χ3v) is 8.14. The lowest BCUT2D eigenvalue weighted by molar-refractivity contribution is -0.121. The molecular formula is C23H30ClN3O3S. The maximum absolute atomic E-state index is 13.0. The van der Waals surface area contributed by atoms with E-state index in [0.29, 0.717) is 47.7 Å². The van der Waals surface area contributed by atoms with Crippen LogP contribution in [0.4, 0.5) is 5.69 Å². The Balaban J connectivity index is 1.59. The lowest BCUT2D eigenvalue weighted by Gasteiger charge is -2.36. The lowest BCUT2D eigenvalue weighted by atomic mass is 9.99. The van der Waals surface area contributed by atoms with Crippen LogP contribution in [0.1, 0.15) is 38.7 Å². The summed E-state index contributed by atoms with van der Waals surface area (Å²) in [6, 6.07) is 13.8. The number of piperazine rings is 1. The maximum Gasteiger partial charge on any atom is 0.243 e. The van der Waals surface area contributed by atoms with Gasteiger partial charge in [0.25, 0.3) is 0 Å². The number of halogens is 1. The normalized spacial score (nSPS) is 17.8. The zero-order valence-corrected chi connectivity index (χ0v) is 19.8. The van der Waals surface area contributed by atoms with Crippen molar-refractivity contribution in [3.05, 3.63) is 59.1 Å². The molecule has 0 bridgehead atoms. The Morgan fingerprint density at radius 3 is 2.29 bits per heavy atom. The highest BCUT2D eigenvalue weighted by Crippen LogP contribution is 2.23. The molecule has 6 nitrogen and oxygen atoms in total. The van der Waals surface area contributed by atoms with Gasteiger partial charge in [0.15, 0.2) is 0 Å². The van der Waals surface area contributed by atoms with Crippen LogP contribution >= 0.6 is 11.6 Å². The number of carbonyl (C=O) groups is 1. The average Bonchev–Trinajstić information content (AvgIpc) is 2.78. The van der Waals surface area contributed by atoms with Crippen molar-refractivity contribution in [3.63, 3.8) is 0 Å². The van der Waals surface area contributed by atoms with E-state index >= 15 is 0 Å². The number of nitrogens with one attached hydrogen (secondary N) is 1. The van der Waals surface area contributed by atoms with Crippen molar-refractivity contribution in [2.75, 3.05) is 31.5 Å². The monoisotopic (exact) mass is 463 g/mol. The molecule has 0 unspecified atom stereocenters.